The van der Waals surface area contributed by atoms with Gasteiger partial charge in [-0.25, -0.2) is 4.57 Å². The van der Waals surface area contributed by atoms with Crippen molar-refractivity contribution in [2.24, 2.45) is 7.05 Å². The molecule has 1 nitrogen and oxygen atoms in total. The minimum absolute atomic E-state index is 0.609. The maximum Gasteiger partial charge on any atom is 0.220 e. The fourth-order valence-electron chi connectivity index (χ4n) is 3.26. The van der Waals surface area contributed by atoms with Crippen LogP contribution in [0.2, 0.25) is 0 Å². The van der Waals surface area contributed by atoms with Gasteiger partial charge < -0.3 is 0 Å². The number of aromatic nitrogens is 1. The number of rotatable bonds is 3. The number of nitrogens with zero attached hydrogens (tertiary/aromatic N) is 1. The van der Waals surface area contributed by atoms with Crippen LogP contribution < -0.4 is 4.57 Å². The quantitative estimate of drug-likeness (QED) is 0.566. The van der Waals surface area contributed by atoms with Crippen LogP contribution in [0.15, 0.2) is 48.7 Å². The topological polar surface area (TPSA) is 3.88 Å². The van der Waals surface area contributed by atoms with Crippen molar-refractivity contribution in [2.45, 2.75) is 40.0 Å². The second-order valence-electron chi connectivity index (χ2n) is 6.75. The highest BCUT2D eigenvalue weighted by Crippen LogP contribution is 2.30. The molecule has 0 radical (unpaired) electrons. The average molecular weight is 304 g/mol. The molecule has 0 aliphatic heterocycles. The standard InChI is InChI=1S/C22H26N/c1-6-16(3)18-9-10-20-19(14-18)11-12-23(5)22(20)21-13-15(2)7-8-17(21)4/h7-14,16H,6H2,1-5H3/q+1. The summed E-state index contributed by atoms with van der Waals surface area (Å²) in [5, 5.41) is 2.66. The van der Waals surface area contributed by atoms with E-state index in [1.54, 1.807) is 0 Å². The Morgan fingerprint density at radius 1 is 1.00 bits per heavy atom. The molecule has 3 rings (SSSR count). The molecule has 118 valence electrons. The Morgan fingerprint density at radius 2 is 1.78 bits per heavy atom. The molecule has 0 amide bonds. The molecule has 1 unspecified atom stereocenters. The molecule has 0 saturated heterocycles. The zero-order valence-corrected chi connectivity index (χ0v) is 14.9. The highest BCUT2D eigenvalue weighted by atomic mass is 14.9. The molecule has 0 N–H and O–H groups in total. The zero-order chi connectivity index (χ0) is 16.6. The Kier molecular flexibility index (Phi) is 4.21. The van der Waals surface area contributed by atoms with Gasteiger partial charge in [0.1, 0.15) is 7.05 Å². The van der Waals surface area contributed by atoms with Crippen molar-refractivity contribution in [3.05, 3.63) is 65.4 Å². The molecule has 23 heavy (non-hydrogen) atoms. The molecule has 0 aliphatic rings. The van der Waals surface area contributed by atoms with E-state index in [0.717, 1.165) is 0 Å². The highest BCUT2D eigenvalue weighted by Gasteiger charge is 2.17. The third-order valence-corrected chi connectivity index (χ3v) is 4.99. The van der Waals surface area contributed by atoms with Crippen LogP contribution in [0.1, 0.15) is 42.9 Å². The van der Waals surface area contributed by atoms with Gasteiger partial charge in [-0.2, -0.15) is 0 Å². The average Bonchev–Trinajstić information content (AvgIpc) is 2.56. The fourth-order valence-corrected chi connectivity index (χ4v) is 3.26. The summed E-state index contributed by atoms with van der Waals surface area (Å²) >= 11 is 0. The zero-order valence-electron chi connectivity index (χ0n) is 14.9. The van der Waals surface area contributed by atoms with E-state index in [9.17, 15) is 0 Å². The minimum Gasteiger partial charge on any atom is -0.200 e. The minimum atomic E-state index is 0.609. The second kappa shape index (κ2) is 6.16. The molecule has 0 spiro atoms. The van der Waals surface area contributed by atoms with E-state index in [1.807, 2.05) is 0 Å². The van der Waals surface area contributed by atoms with Gasteiger partial charge in [0.15, 0.2) is 6.20 Å². The third-order valence-electron chi connectivity index (χ3n) is 4.99. The molecule has 3 aromatic rings. The van der Waals surface area contributed by atoms with Crippen molar-refractivity contribution in [1.82, 2.24) is 0 Å². The number of hydrogen-bond acceptors (Lipinski definition) is 0. The molecule has 0 fully saturated rings. The number of fused-ring (bicyclic) bond motifs is 1. The number of aryl methyl sites for hydroxylation is 3. The predicted octanol–water partition coefficient (Wildman–Crippen LogP) is 5.46. The van der Waals surface area contributed by atoms with Crippen molar-refractivity contribution in [3.8, 4) is 11.3 Å². The van der Waals surface area contributed by atoms with E-state index in [1.165, 1.54) is 45.1 Å². The molecular weight excluding hydrogens is 278 g/mol. The van der Waals surface area contributed by atoms with Crippen molar-refractivity contribution in [3.63, 3.8) is 0 Å². The molecule has 1 heterocycles. The van der Waals surface area contributed by atoms with Gasteiger partial charge in [-0.05, 0) is 54.8 Å². The first kappa shape index (κ1) is 15.7. The molecule has 2 aromatic carbocycles. The van der Waals surface area contributed by atoms with Gasteiger partial charge in [0.2, 0.25) is 5.69 Å². The maximum atomic E-state index is 2.36. The summed E-state index contributed by atoms with van der Waals surface area (Å²) < 4.78 is 2.24. The smallest absolute Gasteiger partial charge is 0.200 e. The molecule has 0 aliphatic carbocycles. The Hall–Kier alpha value is -2.15. The van der Waals surface area contributed by atoms with Gasteiger partial charge in [0, 0.05) is 11.6 Å². The molecule has 0 bridgehead atoms. The van der Waals surface area contributed by atoms with Crippen molar-refractivity contribution in [1.29, 1.82) is 0 Å². The third kappa shape index (κ3) is 2.88. The second-order valence-corrected chi connectivity index (χ2v) is 6.75. The Balaban J connectivity index is 2.28. The van der Waals surface area contributed by atoms with Crippen LogP contribution in [0.4, 0.5) is 0 Å². The summed E-state index contributed by atoms with van der Waals surface area (Å²) in [5.41, 5.74) is 6.69. The monoisotopic (exact) mass is 304 g/mol. The molecular formula is C22H26N+. The summed E-state index contributed by atoms with van der Waals surface area (Å²) in [7, 11) is 2.14. The summed E-state index contributed by atoms with van der Waals surface area (Å²) in [6, 6.07) is 15.9. The van der Waals surface area contributed by atoms with Crippen LogP contribution in [0, 0.1) is 13.8 Å². The summed E-state index contributed by atoms with van der Waals surface area (Å²) in [5.74, 6) is 0.609. The first-order valence-corrected chi connectivity index (χ1v) is 8.51. The Morgan fingerprint density at radius 3 is 2.52 bits per heavy atom. The van der Waals surface area contributed by atoms with Gasteiger partial charge >= 0.3 is 0 Å². The van der Waals surface area contributed by atoms with Crippen LogP contribution in [0.3, 0.4) is 0 Å². The van der Waals surface area contributed by atoms with E-state index < -0.39 is 0 Å². The lowest BCUT2D eigenvalue weighted by Crippen LogP contribution is -2.30. The highest BCUT2D eigenvalue weighted by molar-refractivity contribution is 5.94. The van der Waals surface area contributed by atoms with Crippen LogP contribution in [-0.2, 0) is 7.05 Å². The van der Waals surface area contributed by atoms with E-state index >= 15 is 0 Å². The lowest BCUT2D eigenvalue weighted by molar-refractivity contribution is -0.659. The predicted molar refractivity (Wildman–Crippen MR) is 98.7 cm³/mol. The van der Waals surface area contributed by atoms with E-state index in [2.05, 4.69) is 88.0 Å². The van der Waals surface area contributed by atoms with Gasteiger partial charge in [0.05, 0.1) is 5.39 Å². The SMILES string of the molecule is CCC(C)c1ccc2c(-c3cc(C)ccc3C)[n+](C)ccc2c1. The first-order valence-electron chi connectivity index (χ1n) is 8.51. The maximum absolute atomic E-state index is 2.36. The van der Waals surface area contributed by atoms with Gasteiger partial charge in [-0.1, -0.05) is 43.7 Å². The number of pyridine rings is 1. The van der Waals surface area contributed by atoms with Crippen LogP contribution in [0.25, 0.3) is 22.0 Å². The Bertz CT molecular complexity index is 861. The van der Waals surface area contributed by atoms with Gasteiger partial charge in [-0.15, -0.1) is 0 Å². The fraction of sp³-hybridized carbons (Fsp3) is 0.318. The summed E-state index contributed by atoms with van der Waals surface area (Å²) in [4.78, 5) is 0. The van der Waals surface area contributed by atoms with Crippen molar-refractivity contribution in [2.75, 3.05) is 0 Å². The van der Waals surface area contributed by atoms with Crippen LogP contribution in [-0.4, -0.2) is 0 Å². The molecule has 1 heteroatoms. The summed E-state index contributed by atoms with van der Waals surface area (Å²) in [6.45, 7) is 8.91. The lowest BCUT2D eigenvalue weighted by Gasteiger charge is -2.12. The molecule has 0 saturated carbocycles. The van der Waals surface area contributed by atoms with Crippen molar-refractivity contribution < 1.29 is 4.57 Å². The van der Waals surface area contributed by atoms with E-state index in [0.29, 0.717) is 5.92 Å². The Labute approximate surface area is 139 Å². The van der Waals surface area contributed by atoms with Crippen LogP contribution >= 0.6 is 0 Å². The van der Waals surface area contributed by atoms with Crippen molar-refractivity contribution >= 4 is 10.8 Å². The van der Waals surface area contributed by atoms with Gasteiger partial charge in [0.25, 0.3) is 0 Å². The lowest BCUT2D eigenvalue weighted by atomic mass is 9.93. The number of benzene rings is 2. The van der Waals surface area contributed by atoms with E-state index in [4.69, 9.17) is 0 Å². The number of hydrogen-bond donors (Lipinski definition) is 0. The summed E-state index contributed by atoms with van der Waals surface area (Å²) in [6.07, 6.45) is 3.36. The van der Waals surface area contributed by atoms with E-state index in [-0.39, 0.29) is 0 Å². The largest absolute Gasteiger partial charge is 0.220 e. The molecule has 1 atom stereocenters. The van der Waals surface area contributed by atoms with Gasteiger partial charge in [-0.3, -0.25) is 0 Å². The molecule has 1 aromatic heterocycles. The normalized spacial score (nSPS) is 12.6. The van der Waals surface area contributed by atoms with Crippen LogP contribution in [0.5, 0.6) is 0 Å². The first-order chi connectivity index (χ1) is 11.0.